The lowest BCUT2D eigenvalue weighted by molar-refractivity contribution is -0.138. The average Bonchev–Trinajstić information content (AvgIpc) is 2.35. The summed E-state index contributed by atoms with van der Waals surface area (Å²) < 4.78 is 0. The molecule has 1 heterocycles. The Morgan fingerprint density at radius 3 is 2.55 bits per heavy atom. The standard InChI is InChI=1S/C14H26N2O3.ClH/c1-10(2)7-11(8-13(17)18)9-16-14(19)12-5-3-4-6-15-12;/h10-12,15H,3-9H2,1-2H3,(H,16,19)(H,17,18);1H/t11-,12?;/m0./s1. The summed E-state index contributed by atoms with van der Waals surface area (Å²) in [4.78, 5) is 22.8. The highest BCUT2D eigenvalue weighted by atomic mass is 35.5. The second-order valence-corrected chi connectivity index (χ2v) is 5.84. The summed E-state index contributed by atoms with van der Waals surface area (Å²) in [6, 6.07) is -0.0988. The van der Waals surface area contributed by atoms with Crippen LogP contribution >= 0.6 is 12.4 Å². The van der Waals surface area contributed by atoms with Crippen molar-refractivity contribution in [3.63, 3.8) is 0 Å². The molecule has 3 N–H and O–H groups in total. The fraction of sp³-hybridized carbons (Fsp3) is 0.857. The van der Waals surface area contributed by atoms with Crippen molar-refractivity contribution in [2.24, 2.45) is 11.8 Å². The highest BCUT2D eigenvalue weighted by Gasteiger charge is 2.22. The third-order valence-electron chi connectivity index (χ3n) is 3.46. The predicted molar refractivity (Wildman–Crippen MR) is 81.1 cm³/mol. The number of hydrogen-bond acceptors (Lipinski definition) is 3. The Kier molecular flexibility index (Phi) is 9.59. The van der Waals surface area contributed by atoms with Crippen molar-refractivity contribution >= 4 is 24.3 Å². The number of carbonyl (C=O) groups excluding carboxylic acids is 1. The third-order valence-corrected chi connectivity index (χ3v) is 3.46. The van der Waals surface area contributed by atoms with E-state index >= 15 is 0 Å². The smallest absolute Gasteiger partial charge is 0.303 e. The van der Waals surface area contributed by atoms with Crippen molar-refractivity contribution in [1.29, 1.82) is 0 Å². The van der Waals surface area contributed by atoms with Gasteiger partial charge in [0.05, 0.1) is 6.04 Å². The zero-order valence-corrected chi connectivity index (χ0v) is 13.2. The molecule has 0 radical (unpaired) electrons. The first-order valence-electron chi connectivity index (χ1n) is 7.22. The van der Waals surface area contributed by atoms with E-state index in [9.17, 15) is 9.59 Å². The van der Waals surface area contributed by atoms with Crippen LogP contribution in [-0.4, -0.2) is 36.1 Å². The van der Waals surface area contributed by atoms with Crippen LogP contribution in [-0.2, 0) is 9.59 Å². The van der Waals surface area contributed by atoms with Gasteiger partial charge in [-0.15, -0.1) is 12.4 Å². The Morgan fingerprint density at radius 1 is 1.35 bits per heavy atom. The van der Waals surface area contributed by atoms with Crippen molar-refractivity contribution in [1.82, 2.24) is 10.6 Å². The molecule has 0 aliphatic carbocycles. The van der Waals surface area contributed by atoms with Gasteiger partial charge >= 0.3 is 5.97 Å². The first kappa shape index (κ1) is 19.2. The molecule has 5 nitrogen and oxygen atoms in total. The summed E-state index contributed by atoms with van der Waals surface area (Å²) in [6.45, 7) is 5.49. The minimum atomic E-state index is -0.796. The Labute approximate surface area is 127 Å². The Morgan fingerprint density at radius 2 is 2.05 bits per heavy atom. The number of carboxylic acids is 1. The summed E-state index contributed by atoms with van der Waals surface area (Å²) in [5.74, 6) is -0.325. The van der Waals surface area contributed by atoms with E-state index in [0.717, 1.165) is 32.2 Å². The molecule has 1 amide bonds. The first-order chi connectivity index (χ1) is 8.99. The summed E-state index contributed by atoms with van der Waals surface area (Å²) in [5.41, 5.74) is 0. The third kappa shape index (κ3) is 7.70. The van der Waals surface area contributed by atoms with Gasteiger partial charge in [-0.3, -0.25) is 9.59 Å². The van der Waals surface area contributed by atoms with Gasteiger partial charge in [-0.25, -0.2) is 0 Å². The van der Waals surface area contributed by atoms with E-state index < -0.39 is 5.97 Å². The fourth-order valence-electron chi connectivity index (χ4n) is 2.60. The largest absolute Gasteiger partial charge is 0.481 e. The van der Waals surface area contributed by atoms with Crippen molar-refractivity contribution < 1.29 is 14.7 Å². The first-order valence-corrected chi connectivity index (χ1v) is 7.22. The number of carboxylic acid groups (broad SMARTS) is 1. The van der Waals surface area contributed by atoms with Crippen LogP contribution < -0.4 is 10.6 Å². The van der Waals surface area contributed by atoms with E-state index in [1.165, 1.54) is 0 Å². The minimum absolute atomic E-state index is 0. The molecule has 118 valence electrons. The lowest BCUT2D eigenvalue weighted by Crippen LogP contribution is -2.47. The van der Waals surface area contributed by atoms with Crippen LogP contribution in [0.2, 0.25) is 0 Å². The van der Waals surface area contributed by atoms with Crippen LogP contribution in [0.4, 0.5) is 0 Å². The number of halogens is 1. The molecule has 0 aromatic heterocycles. The van der Waals surface area contributed by atoms with Crippen LogP contribution in [0.5, 0.6) is 0 Å². The Hall–Kier alpha value is -0.810. The summed E-state index contributed by atoms with van der Waals surface area (Å²) in [7, 11) is 0. The monoisotopic (exact) mass is 306 g/mol. The highest BCUT2D eigenvalue weighted by molar-refractivity contribution is 5.85. The number of hydrogen-bond donors (Lipinski definition) is 3. The molecule has 0 saturated carbocycles. The molecular weight excluding hydrogens is 280 g/mol. The fourth-order valence-corrected chi connectivity index (χ4v) is 2.60. The maximum absolute atomic E-state index is 12.0. The zero-order valence-electron chi connectivity index (χ0n) is 12.4. The summed E-state index contributed by atoms with van der Waals surface area (Å²) in [6.07, 6.45) is 4.02. The maximum Gasteiger partial charge on any atom is 0.303 e. The number of carbonyl (C=O) groups is 2. The average molecular weight is 307 g/mol. The SMILES string of the molecule is CC(C)C[C@H](CNC(=O)C1CCCCN1)CC(=O)O.Cl. The summed E-state index contributed by atoms with van der Waals surface area (Å²) in [5, 5.41) is 15.0. The molecule has 6 heteroatoms. The lowest BCUT2D eigenvalue weighted by Gasteiger charge is -2.24. The molecule has 2 atom stereocenters. The van der Waals surface area contributed by atoms with Gasteiger partial charge < -0.3 is 15.7 Å². The van der Waals surface area contributed by atoms with Crippen LogP contribution in [0.1, 0.15) is 46.0 Å². The van der Waals surface area contributed by atoms with Crippen LogP contribution in [0.3, 0.4) is 0 Å². The van der Waals surface area contributed by atoms with E-state index in [-0.39, 0.29) is 36.7 Å². The quantitative estimate of drug-likeness (QED) is 0.670. The molecule has 0 bridgehead atoms. The van der Waals surface area contributed by atoms with Crippen molar-refractivity contribution in [2.45, 2.75) is 52.0 Å². The topological polar surface area (TPSA) is 78.4 Å². The van der Waals surface area contributed by atoms with E-state index in [1.54, 1.807) is 0 Å². The van der Waals surface area contributed by atoms with Crippen molar-refractivity contribution in [3.8, 4) is 0 Å². The van der Waals surface area contributed by atoms with Crippen LogP contribution in [0, 0.1) is 11.8 Å². The van der Waals surface area contributed by atoms with Gasteiger partial charge in [0, 0.05) is 13.0 Å². The maximum atomic E-state index is 12.0. The molecule has 1 unspecified atom stereocenters. The van der Waals surface area contributed by atoms with Crippen LogP contribution in [0.25, 0.3) is 0 Å². The molecule has 0 aromatic rings. The van der Waals surface area contributed by atoms with Crippen LogP contribution in [0.15, 0.2) is 0 Å². The number of nitrogens with one attached hydrogen (secondary N) is 2. The Bertz CT molecular complexity index is 305. The number of piperidine rings is 1. The van der Waals surface area contributed by atoms with Gasteiger partial charge in [0.25, 0.3) is 0 Å². The molecule has 1 saturated heterocycles. The van der Waals surface area contributed by atoms with E-state index in [1.807, 2.05) is 0 Å². The molecule has 1 rings (SSSR count). The molecule has 1 fully saturated rings. The number of amides is 1. The van der Waals surface area contributed by atoms with Gasteiger partial charge in [-0.2, -0.15) is 0 Å². The van der Waals surface area contributed by atoms with Crippen molar-refractivity contribution in [3.05, 3.63) is 0 Å². The number of aliphatic carboxylic acids is 1. The Balaban J connectivity index is 0.00000361. The normalized spacial score (nSPS) is 20.1. The number of rotatable bonds is 7. The van der Waals surface area contributed by atoms with E-state index in [0.29, 0.717) is 12.5 Å². The molecule has 0 spiro atoms. The molecule has 1 aliphatic rings. The van der Waals surface area contributed by atoms with Gasteiger partial charge in [-0.05, 0) is 37.6 Å². The van der Waals surface area contributed by atoms with E-state index in [2.05, 4.69) is 24.5 Å². The molecular formula is C14H27ClN2O3. The summed E-state index contributed by atoms with van der Waals surface area (Å²) >= 11 is 0. The lowest BCUT2D eigenvalue weighted by atomic mass is 9.94. The second kappa shape index (κ2) is 10.00. The van der Waals surface area contributed by atoms with Gasteiger partial charge in [0.15, 0.2) is 0 Å². The molecule has 20 heavy (non-hydrogen) atoms. The second-order valence-electron chi connectivity index (χ2n) is 5.84. The van der Waals surface area contributed by atoms with Crippen molar-refractivity contribution in [2.75, 3.05) is 13.1 Å². The predicted octanol–water partition coefficient (Wildman–Crippen LogP) is 1.80. The van der Waals surface area contributed by atoms with E-state index in [4.69, 9.17) is 5.11 Å². The van der Waals surface area contributed by atoms with Gasteiger partial charge in [-0.1, -0.05) is 20.3 Å². The minimum Gasteiger partial charge on any atom is -0.481 e. The molecule has 0 aromatic carbocycles. The zero-order chi connectivity index (χ0) is 14.3. The van der Waals surface area contributed by atoms with Gasteiger partial charge in [0.1, 0.15) is 0 Å². The molecule has 1 aliphatic heterocycles. The van der Waals surface area contributed by atoms with Gasteiger partial charge in [0.2, 0.25) is 5.91 Å². The highest BCUT2D eigenvalue weighted by Crippen LogP contribution is 2.15.